The summed E-state index contributed by atoms with van der Waals surface area (Å²) in [6.45, 7) is 0.0764. The van der Waals surface area contributed by atoms with Crippen LogP contribution in [0.5, 0.6) is 0 Å². The van der Waals surface area contributed by atoms with Crippen molar-refractivity contribution < 1.29 is 22.0 Å². The first-order chi connectivity index (χ1) is 15.8. The molecule has 3 aromatic rings. The maximum Gasteiger partial charge on any atom is 0.245 e. The molecule has 1 aliphatic heterocycles. The Labute approximate surface area is 193 Å². The van der Waals surface area contributed by atoms with Gasteiger partial charge in [-0.25, -0.2) is 22.2 Å². The lowest BCUT2D eigenvalue weighted by atomic mass is 10.1. The molecule has 1 aliphatic carbocycles. The van der Waals surface area contributed by atoms with Crippen LogP contribution in [0.2, 0.25) is 0 Å². The number of aromatic nitrogens is 3. The van der Waals surface area contributed by atoms with Crippen LogP contribution in [-0.4, -0.2) is 45.8 Å². The number of carbonyl (C=O) groups is 1. The van der Waals surface area contributed by atoms with Crippen molar-refractivity contribution in [1.82, 2.24) is 19.7 Å². The van der Waals surface area contributed by atoms with Gasteiger partial charge in [0, 0.05) is 28.5 Å². The molecule has 7 nitrogen and oxygen atoms in total. The molecule has 0 bridgehead atoms. The van der Waals surface area contributed by atoms with Crippen LogP contribution in [-0.2, 0) is 27.7 Å². The minimum atomic E-state index is -3.36. The highest BCUT2D eigenvalue weighted by Crippen LogP contribution is 2.40. The minimum Gasteiger partial charge on any atom is -0.327 e. The molecule has 2 aliphatic rings. The molecule has 2 aromatic heterocycles. The Morgan fingerprint density at radius 2 is 2.03 bits per heavy atom. The molecule has 33 heavy (non-hydrogen) atoms. The van der Waals surface area contributed by atoms with Crippen molar-refractivity contribution in [1.29, 1.82) is 0 Å². The molecule has 11 heteroatoms. The Hall–Kier alpha value is -2.92. The second-order valence-corrected chi connectivity index (χ2v) is 11.1. The average Bonchev–Trinajstić information content (AvgIpc) is 3.16. The molecule has 1 unspecified atom stereocenters. The van der Waals surface area contributed by atoms with Gasteiger partial charge in [-0.1, -0.05) is 6.07 Å². The quantitative estimate of drug-likeness (QED) is 0.506. The van der Waals surface area contributed by atoms with E-state index in [-0.39, 0.29) is 24.7 Å². The summed E-state index contributed by atoms with van der Waals surface area (Å²) in [6, 6.07) is 2.95. The number of nitrogens with zero attached hydrogens (tertiary/aromatic N) is 4. The van der Waals surface area contributed by atoms with Gasteiger partial charge in [-0.15, -0.1) is 11.3 Å². The highest BCUT2D eigenvalue weighted by atomic mass is 32.2. The van der Waals surface area contributed by atoms with Crippen molar-refractivity contribution in [3.05, 3.63) is 69.8 Å². The molecule has 0 N–H and O–H groups in total. The molecule has 0 radical (unpaired) electrons. The summed E-state index contributed by atoms with van der Waals surface area (Å²) in [5, 5.41) is 8.07. The fraction of sp³-hybridized carbons (Fsp3) is 0.318. The Kier molecular flexibility index (Phi) is 5.61. The normalized spacial score (nSPS) is 19.2. The number of benzene rings is 1. The van der Waals surface area contributed by atoms with E-state index in [1.807, 2.05) is 5.38 Å². The zero-order valence-corrected chi connectivity index (χ0v) is 19.0. The lowest BCUT2D eigenvalue weighted by molar-refractivity contribution is -0.133. The number of sulfone groups is 1. The van der Waals surface area contributed by atoms with Gasteiger partial charge >= 0.3 is 0 Å². The third-order valence-electron chi connectivity index (χ3n) is 5.69. The van der Waals surface area contributed by atoms with Crippen molar-refractivity contribution in [2.75, 3.05) is 5.75 Å². The summed E-state index contributed by atoms with van der Waals surface area (Å²) >= 11 is 1.47. The zero-order chi connectivity index (χ0) is 23.2. The van der Waals surface area contributed by atoms with Gasteiger partial charge in [0.1, 0.15) is 11.6 Å². The van der Waals surface area contributed by atoms with E-state index in [2.05, 4.69) is 10.1 Å². The number of amides is 1. The number of thiazole rings is 1. The van der Waals surface area contributed by atoms with Crippen LogP contribution in [0.15, 0.2) is 47.5 Å². The number of carbonyl (C=O) groups excluding carboxylic acids is 1. The Morgan fingerprint density at radius 3 is 2.73 bits per heavy atom. The highest BCUT2D eigenvalue weighted by molar-refractivity contribution is 7.94. The van der Waals surface area contributed by atoms with Gasteiger partial charge in [0.15, 0.2) is 21.5 Å². The van der Waals surface area contributed by atoms with Gasteiger partial charge in [-0.3, -0.25) is 9.48 Å². The maximum absolute atomic E-state index is 13.6. The first-order valence-corrected chi connectivity index (χ1v) is 13.0. The molecule has 1 saturated carbocycles. The van der Waals surface area contributed by atoms with E-state index in [0.717, 1.165) is 41.1 Å². The van der Waals surface area contributed by atoms with Crippen molar-refractivity contribution >= 4 is 27.1 Å². The SMILES string of the molecule is O=C(Cn1cc(-c2ccc(F)c(F)c2)cn1)N(Cc1nc(C2CC2)cs1)C1C=CS(=O)(=O)C1. The third-order valence-corrected chi connectivity index (χ3v) is 7.92. The van der Waals surface area contributed by atoms with Crippen molar-refractivity contribution in [2.45, 2.75) is 37.9 Å². The largest absolute Gasteiger partial charge is 0.327 e. The highest BCUT2D eigenvalue weighted by Gasteiger charge is 2.32. The number of hydrogen-bond acceptors (Lipinski definition) is 6. The van der Waals surface area contributed by atoms with Crippen molar-refractivity contribution in [3.63, 3.8) is 0 Å². The second-order valence-electron chi connectivity index (χ2n) is 8.24. The van der Waals surface area contributed by atoms with Gasteiger partial charge in [-0.05, 0) is 36.6 Å². The summed E-state index contributed by atoms with van der Waals surface area (Å²) < 4.78 is 52.1. The molecule has 172 valence electrons. The van der Waals surface area contributed by atoms with E-state index in [4.69, 9.17) is 0 Å². The summed E-state index contributed by atoms with van der Waals surface area (Å²) in [6.07, 6.45) is 6.80. The molecule has 1 aromatic carbocycles. The zero-order valence-electron chi connectivity index (χ0n) is 17.4. The van der Waals surface area contributed by atoms with Gasteiger partial charge in [0.05, 0.1) is 30.2 Å². The van der Waals surface area contributed by atoms with E-state index in [1.54, 1.807) is 6.20 Å². The third kappa shape index (κ3) is 4.88. The number of rotatable bonds is 7. The molecule has 1 amide bonds. The molecular formula is C22H20F2N4O3S2. The predicted molar refractivity (Wildman–Crippen MR) is 119 cm³/mol. The number of halogens is 2. The fourth-order valence-electron chi connectivity index (χ4n) is 3.76. The first-order valence-electron chi connectivity index (χ1n) is 10.4. The smallest absolute Gasteiger partial charge is 0.245 e. The van der Waals surface area contributed by atoms with Gasteiger partial charge in [0.25, 0.3) is 0 Å². The van der Waals surface area contributed by atoms with Crippen LogP contribution >= 0.6 is 11.3 Å². The van der Waals surface area contributed by atoms with E-state index >= 15 is 0 Å². The summed E-state index contributed by atoms with van der Waals surface area (Å²) in [5.74, 6) is -1.90. The molecule has 0 spiro atoms. The molecular weight excluding hydrogens is 470 g/mol. The summed E-state index contributed by atoms with van der Waals surface area (Å²) in [5.41, 5.74) is 2.00. The van der Waals surface area contributed by atoms with E-state index in [9.17, 15) is 22.0 Å². The second kappa shape index (κ2) is 8.45. The molecule has 1 atom stereocenters. The minimum absolute atomic E-state index is 0.130. The fourth-order valence-corrected chi connectivity index (χ4v) is 5.93. The van der Waals surface area contributed by atoms with Crippen LogP contribution in [0, 0.1) is 11.6 Å². The molecule has 5 rings (SSSR count). The van der Waals surface area contributed by atoms with E-state index in [0.29, 0.717) is 17.0 Å². The van der Waals surface area contributed by atoms with Gasteiger partial charge in [-0.2, -0.15) is 5.10 Å². The molecule has 1 fully saturated rings. The Bertz CT molecular complexity index is 1350. The maximum atomic E-state index is 13.6. The Balaban J connectivity index is 1.34. The van der Waals surface area contributed by atoms with Gasteiger partial charge < -0.3 is 4.90 Å². The van der Waals surface area contributed by atoms with E-state index in [1.165, 1.54) is 39.3 Å². The monoisotopic (exact) mass is 490 g/mol. The van der Waals surface area contributed by atoms with E-state index < -0.39 is 27.5 Å². The van der Waals surface area contributed by atoms with Crippen molar-refractivity contribution in [2.24, 2.45) is 0 Å². The predicted octanol–water partition coefficient (Wildman–Crippen LogP) is 3.50. The average molecular weight is 491 g/mol. The lowest BCUT2D eigenvalue weighted by Crippen LogP contribution is -2.42. The van der Waals surface area contributed by atoms with Crippen LogP contribution in [0.4, 0.5) is 8.78 Å². The topological polar surface area (TPSA) is 85.2 Å². The molecule has 3 heterocycles. The van der Waals surface area contributed by atoms with Crippen molar-refractivity contribution in [3.8, 4) is 11.1 Å². The van der Waals surface area contributed by atoms with Crippen LogP contribution < -0.4 is 0 Å². The number of hydrogen-bond donors (Lipinski definition) is 0. The van der Waals surface area contributed by atoms with Crippen LogP contribution in [0.3, 0.4) is 0 Å². The first kappa shape index (κ1) is 21.9. The standard InChI is InChI=1S/C22H20F2N4O3S2/c23-18-4-3-15(7-19(18)24)16-8-25-27(9-16)11-22(29)28(17-5-6-33(30,31)13-17)10-21-26-20(12-32-21)14-1-2-14/h3-9,12,14,17H,1-2,10-11,13H2. The lowest BCUT2D eigenvalue weighted by Gasteiger charge is -2.26. The summed E-state index contributed by atoms with van der Waals surface area (Å²) in [4.78, 5) is 19.4. The summed E-state index contributed by atoms with van der Waals surface area (Å²) in [7, 11) is -3.36. The van der Waals surface area contributed by atoms with Gasteiger partial charge in [0.2, 0.25) is 5.91 Å². The Morgan fingerprint density at radius 1 is 1.21 bits per heavy atom. The van der Waals surface area contributed by atoms with Crippen LogP contribution in [0.25, 0.3) is 11.1 Å². The molecule has 0 saturated heterocycles. The van der Waals surface area contributed by atoms with Crippen LogP contribution in [0.1, 0.15) is 29.5 Å².